The maximum Gasteiger partial charge on any atom is 0.407 e. The maximum absolute atomic E-state index is 12.8. The van der Waals surface area contributed by atoms with Crippen molar-refractivity contribution in [2.75, 3.05) is 13.7 Å². The summed E-state index contributed by atoms with van der Waals surface area (Å²) >= 11 is 0. The summed E-state index contributed by atoms with van der Waals surface area (Å²) in [5.41, 5.74) is 4.38. The molecule has 3 N–H and O–H groups in total. The summed E-state index contributed by atoms with van der Waals surface area (Å²) in [6, 6.07) is 13.8. The average Bonchev–Trinajstić information content (AvgIpc) is 3.12. The lowest BCUT2D eigenvalue weighted by Gasteiger charge is -2.26. The number of rotatable bonds is 9. The topological polar surface area (TPSA) is 114 Å². The second-order valence-corrected chi connectivity index (χ2v) is 8.46. The van der Waals surface area contributed by atoms with Gasteiger partial charge < -0.3 is 25.2 Å². The number of methoxy groups -OCH3 is 1. The fraction of sp³-hybridized carbons (Fsp3) is 0.400. The van der Waals surface area contributed by atoms with E-state index in [4.69, 9.17) is 9.47 Å². The van der Waals surface area contributed by atoms with Gasteiger partial charge in [0.15, 0.2) is 0 Å². The van der Waals surface area contributed by atoms with Crippen LogP contribution in [0.5, 0.6) is 0 Å². The fourth-order valence-electron chi connectivity index (χ4n) is 4.06. The van der Waals surface area contributed by atoms with Crippen LogP contribution in [-0.4, -0.2) is 55.0 Å². The van der Waals surface area contributed by atoms with Crippen LogP contribution in [0.3, 0.4) is 0 Å². The largest absolute Gasteiger partial charge is 0.480 e. The van der Waals surface area contributed by atoms with E-state index in [0.29, 0.717) is 0 Å². The number of carboxylic acid groups (broad SMARTS) is 1. The molecule has 0 saturated carbocycles. The lowest BCUT2D eigenvalue weighted by Crippen LogP contribution is -2.57. The van der Waals surface area contributed by atoms with Crippen LogP contribution in [0.1, 0.15) is 37.8 Å². The summed E-state index contributed by atoms with van der Waals surface area (Å²) in [5.74, 6) is -2.26. The van der Waals surface area contributed by atoms with Gasteiger partial charge in [0.1, 0.15) is 18.7 Å². The number of carbonyl (C=O) groups is 3. The smallest absolute Gasteiger partial charge is 0.407 e. The summed E-state index contributed by atoms with van der Waals surface area (Å²) in [7, 11) is 1.40. The highest BCUT2D eigenvalue weighted by molar-refractivity contribution is 5.90. The van der Waals surface area contributed by atoms with E-state index in [1.54, 1.807) is 20.8 Å². The minimum absolute atomic E-state index is 0.0965. The first-order valence-corrected chi connectivity index (χ1v) is 10.9. The molecule has 2 aromatic carbocycles. The standard InChI is InChI=1S/C25H30N2O6/c1-14(2)21(24(29)30)26-23(28)22(15(3)32-4)27-25(31)33-13-20-18-11-7-5-9-16(18)17-10-6-8-12-19(17)20/h5-12,14-15,20-22H,13H2,1-4H3,(H,26,28)(H,27,31)(H,29,30)/t15-,21?,22+/m1/s1. The fourth-order valence-corrected chi connectivity index (χ4v) is 4.06. The van der Waals surface area contributed by atoms with Gasteiger partial charge >= 0.3 is 12.1 Å². The first-order valence-electron chi connectivity index (χ1n) is 10.9. The van der Waals surface area contributed by atoms with Crippen molar-refractivity contribution in [3.63, 3.8) is 0 Å². The lowest BCUT2D eigenvalue weighted by molar-refractivity contribution is -0.144. The molecule has 0 heterocycles. The molecular weight excluding hydrogens is 424 g/mol. The minimum Gasteiger partial charge on any atom is -0.480 e. The lowest BCUT2D eigenvalue weighted by atomic mass is 9.98. The van der Waals surface area contributed by atoms with Gasteiger partial charge in [0.2, 0.25) is 5.91 Å². The molecule has 1 aliphatic rings. The molecule has 1 unspecified atom stereocenters. The molecule has 0 bridgehead atoms. The van der Waals surface area contributed by atoms with Gasteiger partial charge in [0.25, 0.3) is 0 Å². The summed E-state index contributed by atoms with van der Waals surface area (Å²) in [6.45, 7) is 5.08. The Kier molecular flexibility index (Phi) is 7.71. The van der Waals surface area contributed by atoms with E-state index in [1.807, 2.05) is 48.5 Å². The second-order valence-electron chi connectivity index (χ2n) is 8.46. The second kappa shape index (κ2) is 10.5. The van der Waals surface area contributed by atoms with Gasteiger partial charge in [-0.15, -0.1) is 0 Å². The van der Waals surface area contributed by atoms with E-state index in [-0.39, 0.29) is 18.4 Å². The highest BCUT2D eigenvalue weighted by atomic mass is 16.5. The SMILES string of the molecule is CO[C@H](C)[C@H](NC(=O)OCC1c2ccccc2-c2ccccc21)C(=O)NC(C(=O)O)C(C)C. The Morgan fingerprint density at radius 2 is 1.45 bits per heavy atom. The molecule has 8 heteroatoms. The number of alkyl carbamates (subject to hydrolysis) is 1. The van der Waals surface area contributed by atoms with Gasteiger partial charge in [-0.1, -0.05) is 62.4 Å². The quantitative estimate of drug-likeness (QED) is 0.536. The monoisotopic (exact) mass is 454 g/mol. The van der Waals surface area contributed by atoms with Crippen LogP contribution in [0.2, 0.25) is 0 Å². The molecule has 3 atom stereocenters. The van der Waals surface area contributed by atoms with E-state index in [2.05, 4.69) is 10.6 Å². The van der Waals surface area contributed by atoms with Crippen molar-refractivity contribution in [3.05, 3.63) is 59.7 Å². The number of aliphatic carboxylic acids is 1. The zero-order chi connectivity index (χ0) is 24.1. The highest BCUT2D eigenvalue weighted by Crippen LogP contribution is 2.44. The van der Waals surface area contributed by atoms with Gasteiger partial charge in [0, 0.05) is 13.0 Å². The van der Waals surface area contributed by atoms with Crippen molar-refractivity contribution in [3.8, 4) is 11.1 Å². The van der Waals surface area contributed by atoms with Gasteiger partial charge in [0.05, 0.1) is 6.10 Å². The van der Waals surface area contributed by atoms with E-state index >= 15 is 0 Å². The van der Waals surface area contributed by atoms with Crippen molar-refractivity contribution in [1.82, 2.24) is 10.6 Å². The number of nitrogens with one attached hydrogen (secondary N) is 2. The van der Waals surface area contributed by atoms with Crippen molar-refractivity contribution < 1.29 is 29.0 Å². The molecule has 176 valence electrons. The summed E-state index contributed by atoms with van der Waals surface area (Å²) < 4.78 is 10.7. The average molecular weight is 455 g/mol. The van der Waals surface area contributed by atoms with Gasteiger partial charge in [-0.25, -0.2) is 9.59 Å². The number of hydrogen-bond acceptors (Lipinski definition) is 5. The molecule has 0 radical (unpaired) electrons. The minimum atomic E-state index is -1.15. The third kappa shape index (κ3) is 5.34. The zero-order valence-corrected chi connectivity index (χ0v) is 19.2. The van der Waals surface area contributed by atoms with Crippen LogP contribution >= 0.6 is 0 Å². The molecule has 8 nitrogen and oxygen atoms in total. The van der Waals surface area contributed by atoms with Crippen molar-refractivity contribution in [1.29, 1.82) is 0 Å². The predicted molar refractivity (Wildman–Crippen MR) is 123 cm³/mol. The number of hydrogen-bond donors (Lipinski definition) is 3. The van der Waals surface area contributed by atoms with Gasteiger partial charge in [-0.05, 0) is 35.1 Å². The molecule has 0 aliphatic heterocycles. The molecule has 0 aromatic heterocycles. The molecule has 2 amide bonds. The molecular formula is C25H30N2O6. The summed E-state index contributed by atoms with van der Waals surface area (Å²) in [4.78, 5) is 36.8. The highest BCUT2D eigenvalue weighted by Gasteiger charge is 2.33. The Morgan fingerprint density at radius 1 is 0.909 bits per heavy atom. The summed E-state index contributed by atoms with van der Waals surface area (Å²) in [5, 5.41) is 14.4. The Bertz CT molecular complexity index is 976. The van der Waals surface area contributed by atoms with Crippen LogP contribution in [-0.2, 0) is 19.1 Å². The molecule has 33 heavy (non-hydrogen) atoms. The molecule has 0 saturated heterocycles. The third-order valence-electron chi connectivity index (χ3n) is 5.97. The first kappa shape index (κ1) is 24.3. The van der Waals surface area contributed by atoms with Crippen LogP contribution in [0.25, 0.3) is 11.1 Å². The Balaban J connectivity index is 1.69. The Labute approximate surface area is 193 Å². The number of carboxylic acids is 1. The van der Waals surface area contributed by atoms with Crippen LogP contribution in [0.4, 0.5) is 4.79 Å². The van der Waals surface area contributed by atoms with Crippen LogP contribution < -0.4 is 10.6 Å². The van der Waals surface area contributed by atoms with Gasteiger partial charge in [-0.2, -0.15) is 0 Å². The van der Waals surface area contributed by atoms with E-state index in [1.165, 1.54) is 7.11 Å². The van der Waals surface area contributed by atoms with Crippen molar-refractivity contribution in [2.45, 2.75) is 44.9 Å². The number of ether oxygens (including phenoxy) is 2. The number of amides is 2. The van der Waals surface area contributed by atoms with Crippen molar-refractivity contribution in [2.24, 2.45) is 5.92 Å². The van der Waals surface area contributed by atoms with E-state index in [0.717, 1.165) is 22.3 Å². The number of fused-ring (bicyclic) bond motifs is 3. The van der Waals surface area contributed by atoms with Crippen molar-refractivity contribution >= 4 is 18.0 Å². The molecule has 0 fully saturated rings. The first-order chi connectivity index (χ1) is 15.7. The molecule has 0 spiro atoms. The maximum atomic E-state index is 12.8. The normalized spacial score (nSPS) is 15.2. The predicted octanol–water partition coefficient (Wildman–Crippen LogP) is 3.15. The van der Waals surface area contributed by atoms with Crippen LogP contribution in [0.15, 0.2) is 48.5 Å². The van der Waals surface area contributed by atoms with Gasteiger partial charge in [-0.3, -0.25) is 4.79 Å². The number of benzene rings is 2. The van der Waals surface area contributed by atoms with E-state index < -0.39 is 36.2 Å². The van der Waals surface area contributed by atoms with E-state index in [9.17, 15) is 19.5 Å². The molecule has 1 aliphatic carbocycles. The van der Waals surface area contributed by atoms with Crippen LogP contribution in [0, 0.1) is 5.92 Å². The molecule has 3 rings (SSSR count). The number of carbonyl (C=O) groups excluding carboxylic acids is 2. The Morgan fingerprint density at radius 3 is 1.94 bits per heavy atom. The third-order valence-corrected chi connectivity index (χ3v) is 5.97. The Hall–Kier alpha value is -3.39. The summed E-state index contributed by atoms with van der Waals surface area (Å²) in [6.07, 6.45) is -1.48. The molecule has 2 aromatic rings. The zero-order valence-electron chi connectivity index (χ0n) is 19.2.